The summed E-state index contributed by atoms with van der Waals surface area (Å²) in [5, 5.41) is 58.4. The molecule has 1 aromatic heterocycles. The zero-order chi connectivity index (χ0) is 22.3. The van der Waals surface area contributed by atoms with E-state index in [9.17, 15) is 35.4 Å². The number of rotatable bonds is 4. The van der Waals surface area contributed by atoms with Gasteiger partial charge in [-0.15, -0.1) is 0 Å². The van der Waals surface area contributed by atoms with Crippen molar-refractivity contribution in [1.82, 2.24) is 0 Å². The zero-order valence-electron chi connectivity index (χ0n) is 16.0. The third-order valence-electron chi connectivity index (χ3n) is 5.13. The van der Waals surface area contributed by atoms with E-state index in [2.05, 4.69) is 0 Å². The van der Waals surface area contributed by atoms with Gasteiger partial charge in [0, 0.05) is 6.07 Å². The minimum atomic E-state index is -1.58. The summed E-state index contributed by atoms with van der Waals surface area (Å²) in [5.74, 6) is -0.542. The maximum absolute atomic E-state index is 12.8. The predicted molar refractivity (Wildman–Crippen MR) is 106 cm³/mol. The van der Waals surface area contributed by atoms with E-state index in [1.165, 1.54) is 42.7 Å². The average molecular weight is 432 g/mol. The summed E-state index contributed by atoms with van der Waals surface area (Å²) >= 11 is 0. The molecular formula is C21H20O10. The number of benzene rings is 2. The predicted octanol–water partition coefficient (Wildman–Crippen LogP) is 0.0499. The minimum Gasteiger partial charge on any atom is -0.504 e. The summed E-state index contributed by atoms with van der Waals surface area (Å²) in [6.07, 6.45) is -5.96. The van der Waals surface area contributed by atoms with Crippen LogP contribution in [0.15, 0.2) is 51.9 Å². The van der Waals surface area contributed by atoms with Crippen molar-refractivity contribution in [3.05, 3.63) is 52.9 Å². The first-order valence-electron chi connectivity index (χ1n) is 9.35. The first-order chi connectivity index (χ1) is 14.8. The lowest BCUT2D eigenvalue weighted by atomic mass is 9.99. The molecule has 4 rings (SSSR count). The second-order valence-electron chi connectivity index (χ2n) is 7.16. The molecule has 6 N–H and O–H groups in total. The van der Waals surface area contributed by atoms with Crippen LogP contribution in [-0.4, -0.2) is 68.0 Å². The van der Waals surface area contributed by atoms with E-state index < -0.39 is 37.3 Å². The molecule has 0 spiro atoms. The number of hydrogen-bond donors (Lipinski definition) is 6. The number of fused-ring (bicyclic) bond motifs is 1. The van der Waals surface area contributed by atoms with Crippen molar-refractivity contribution < 1.29 is 44.5 Å². The van der Waals surface area contributed by atoms with Gasteiger partial charge in [-0.2, -0.15) is 0 Å². The Morgan fingerprint density at radius 1 is 0.935 bits per heavy atom. The smallest absolute Gasteiger partial charge is 0.229 e. The van der Waals surface area contributed by atoms with Gasteiger partial charge in [-0.1, -0.05) is 6.07 Å². The van der Waals surface area contributed by atoms with Gasteiger partial charge in [-0.25, -0.2) is 0 Å². The first-order valence-corrected chi connectivity index (χ1v) is 9.35. The van der Waals surface area contributed by atoms with Gasteiger partial charge in [0.15, 0.2) is 16.9 Å². The number of aliphatic hydroxyl groups is 4. The first kappa shape index (κ1) is 21.1. The Morgan fingerprint density at radius 3 is 2.42 bits per heavy atom. The van der Waals surface area contributed by atoms with Crippen LogP contribution in [0.4, 0.5) is 0 Å². The van der Waals surface area contributed by atoms with Gasteiger partial charge >= 0.3 is 0 Å². The molecule has 3 aromatic rings. The van der Waals surface area contributed by atoms with Crippen molar-refractivity contribution >= 4 is 11.0 Å². The summed E-state index contributed by atoms with van der Waals surface area (Å²) < 4.78 is 16.4. The van der Waals surface area contributed by atoms with Crippen molar-refractivity contribution in [3.63, 3.8) is 0 Å². The summed E-state index contributed by atoms with van der Waals surface area (Å²) in [6.45, 7) is -0.590. The third-order valence-corrected chi connectivity index (χ3v) is 5.13. The van der Waals surface area contributed by atoms with Crippen molar-refractivity contribution in [2.24, 2.45) is 0 Å². The molecule has 0 amide bonds. The van der Waals surface area contributed by atoms with Crippen LogP contribution in [-0.2, 0) is 4.74 Å². The van der Waals surface area contributed by atoms with Crippen molar-refractivity contribution in [2.75, 3.05) is 6.61 Å². The molecule has 5 atom stereocenters. The normalized spacial score (nSPS) is 26.1. The van der Waals surface area contributed by atoms with Crippen molar-refractivity contribution in [2.45, 2.75) is 30.7 Å². The number of aromatic hydroxyl groups is 2. The molecule has 10 nitrogen and oxygen atoms in total. The molecule has 1 saturated heterocycles. The Morgan fingerprint density at radius 2 is 1.71 bits per heavy atom. The maximum atomic E-state index is 12.8. The van der Waals surface area contributed by atoms with E-state index in [0.29, 0.717) is 5.56 Å². The molecule has 0 aliphatic carbocycles. The monoisotopic (exact) mass is 432 g/mol. The van der Waals surface area contributed by atoms with Gasteiger partial charge in [0.25, 0.3) is 0 Å². The highest BCUT2D eigenvalue weighted by Crippen LogP contribution is 2.31. The molecule has 31 heavy (non-hydrogen) atoms. The number of ether oxygens (including phenoxy) is 2. The zero-order valence-corrected chi connectivity index (χ0v) is 16.0. The standard InChI is InChI=1S/C21H20O10/c22-7-16-18(26)19(27)20(28)21(31-16)30-10-2-3-11-15(6-10)29-8-12(17(11)25)9-1-4-13(23)14(24)5-9/h1-6,8,16,18-24,26-28H,7H2/t16-,18-,19+,20-,21+/m1/s1. The number of hydrogen-bond acceptors (Lipinski definition) is 10. The van der Waals surface area contributed by atoms with Gasteiger partial charge in [-0.3, -0.25) is 4.79 Å². The molecule has 0 radical (unpaired) electrons. The fourth-order valence-electron chi connectivity index (χ4n) is 3.37. The van der Waals surface area contributed by atoms with Gasteiger partial charge < -0.3 is 44.5 Å². The number of phenols is 2. The molecule has 164 valence electrons. The fourth-order valence-corrected chi connectivity index (χ4v) is 3.37. The molecule has 1 aliphatic rings. The van der Waals surface area contributed by atoms with Gasteiger partial charge in [0.05, 0.1) is 17.6 Å². The highest BCUT2D eigenvalue weighted by atomic mass is 16.7. The van der Waals surface area contributed by atoms with Gasteiger partial charge in [0.2, 0.25) is 6.29 Å². The quantitative estimate of drug-likeness (QED) is 0.310. The summed E-state index contributed by atoms with van der Waals surface area (Å²) in [4.78, 5) is 12.8. The molecule has 0 saturated carbocycles. The van der Waals surface area contributed by atoms with Gasteiger partial charge in [0.1, 0.15) is 42.0 Å². The molecule has 0 bridgehead atoms. The summed E-state index contributed by atoms with van der Waals surface area (Å²) in [5.41, 5.74) is 0.308. The van der Waals surface area contributed by atoms with E-state index in [4.69, 9.17) is 13.9 Å². The highest BCUT2D eigenvalue weighted by molar-refractivity contribution is 5.83. The second-order valence-corrected chi connectivity index (χ2v) is 7.16. The third kappa shape index (κ3) is 3.82. The van der Waals surface area contributed by atoms with Gasteiger partial charge in [-0.05, 0) is 29.8 Å². The molecule has 2 aromatic carbocycles. The Bertz CT molecular complexity index is 1150. The van der Waals surface area contributed by atoms with Crippen LogP contribution in [0, 0.1) is 0 Å². The molecule has 0 unspecified atom stereocenters. The van der Waals surface area contributed by atoms with E-state index in [-0.39, 0.29) is 39.2 Å². The van der Waals surface area contributed by atoms with E-state index in [1.54, 1.807) is 0 Å². The van der Waals surface area contributed by atoms with Crippen LogP contribution in [0.25, 0.3) is 22.1 Å². The Hall–Kier alpha value is -3.15. The number of phenolic OH excluding ortho intramolecular Hbond substituents is 2. The van der Waals surface area contributed by atoms with E-state index >= 15 is 0 Å². The van der Waals surface area contributed by atoms with Crippen molar-refractivity contribution in [1.29, 1.82) is 0 Å². The molecular weight excluding hydrogens is 412 g/mol. The Labute approximate surface area is 174 Å². The van der Waals surface area contributed by atoms with E-state index in [1.807, 2.05) is 0 Å². The number of aliphatic hydroxyl groups excluding tert-OH is 4. The maximum Gasteiger partial charge on any atom is 0.229 e. The summed E-state index contributed by atoms with van der Waals surface area (Å²) in [7, 11) is 0. The lowest BCUT2D eigenvalue weighted by Gasteiger charge is -2.39. The fraction of sp³-hybridized carbons (Fsp3) is 0.286. The van der Waals surface area contributed by atoms with Crippen LogP contribution in [0.5, 0.6) is 17.2 Å². The van der Waals surface area contributed by atoms with Crippen LogP contribution >= 0.6 is 0 Å². The molecule has 1 fully saturated rings. The van der Waals surface area contributed by atoms with Crippen molar-refractivity contribution in [3.8, 4) is 28.4 Å². The molecule has 2 heterocycles. The van der Waals surface area contributed by atoms with E-state index in [0.717, 1.165) is 0 Å². The molecule has 10 heteroatoms. The molecule has 1 aliphatic heterocycles. The second kappa shape index (κ2) is 8.17. The van der Waals surface area contributed by atoms with Crippen LogP contribution in [0.1, 0.15) is 0 Å². The van der Waals surface area contributed by atoms with Crippen LogP contribution < -0.4 is 10.2 Å². The minimum absolute atomic E-state index is 0.148. The van der Waals surface area contributed by atoms with Crippen LogP contribution in [0.3, 0.4) is 0 Å². The Kier molecular flexibility index (Phi) is 5.56. The lowest BCUT2D eigenvalue weighted by molar-refractivity contribution is -0.277. The summed E-state index contributed by atoms with van der Waals surface area (Å²) in [6, 6.07) is 8.21. The Balaban J connectivity index is 1.63. The largest absolute Gasteiger partial charge is 0.504 e. The average Bonchev–Trinajstić information content (AvgIpc) is 2.76. The lowest BCUT2D eigenvalue weighted by Crippen LogP contribution is -2.60. The SMILES string of the molecule is O=c1c(-c2ccc(O)c(O)c2)coc2cc(O[C@H]3O[C@H](CO)[C@@H](O)[C@H](O)[C@H]3O)ccc12. The highest BCUT2D eigenvalue weighted by Gasteiger charge is 2.44. The van der Waals surface area contributed by atoms with Crippen LogP contribution in [0.2, 0.25) is 0 Å². The topological polar surface area (TPSA) is 170 Å².